The quantitative estimate of drug-likeness (QED) is 0.714. The number of hydrogen-bond donors (Lipinski definition) is 1. The van der Waals surface area contributed by atoms with Gasteiger partial charge in [-0.25, -0.2) is 0 Å². The molecule has 0 aromatic rings. The summed E-state index contributed by atoms with van der Waals surface area (Å²) in [7, 11) is 0. The van der Waals surface area contributed by atoms with Crippen LogP contribution in [0.3, 0.4) is 0 Å². The molecule has 2 heteroatoms. The van der Waals surface area contributed by atoms with Crippen LogP contribution in [0.4, 0.5) is 0 Å². The second-order valence-corrected chi connectivity index (χ2v) is 9.67. The Kier molecular flexibility index (Phi) is 2.77. The first-order chi connectivity index (χ1) is 3.93. The Hall–Kier alpha value is 0.375. The molecule has 0 saturated heterocycles. The van der Waals surface area contributed by atoms with Gasteiger partial charge in [0.25, 0.3) is 0 Å². The van der Waals surface area contributed by atoms with Crippen LogP contribution in [0.15, 0.2) is 21.3 Å². The van der Waals surface area contributed by atoms with Crippen molar-refractivity contribution >= 4 is 0 Å². The van der Waals surface area contributed by atoms with Crippen LogP contribution in [0.2, 0.25) is 3.93 Å². The molecule has 0 fully saturated rings. The topological polar surface area (TPSA) is 20.2 Å². The summed E-state index contributed by atoms with van der Waals surface area (Å²) in [5, 5.41) is 8.64. The van der Waals surface area contributed by atoms with E-state index in [-0.39, 0.29) is 0 Å². The Morgan fingerprint density at radius 3 is 3.00 bits per heavy atom. The summed E-state index contributed by atoms with van der Waals surface area (Å²) in [6.45, 7) is 0.325. The Morgan fingerprint density at radius 1 is 1.75 bits per heavy atom. The third-order valence-electron chi connectivity index (χ3n) is 1.30. The summed E-state index contributed by atoms with van der Waals surface area (Å²) in [5.74, 6) is 0. The molecule has 1 heterocycles. The number of hydrogen-bond acceptors (Lipinski definition) is 1. The van der Waals surface area contributed by atoms with E-state index in [9.17, 15) is 0 Å². The van der Waals surface area contributed by atoms with Gasteiger partial charge in [-0.3, -0.25) is 0 Å². The molecule has 0 saturated carbocycles. The first-order valence-electron chi connectivity index (χ1n) is 2.89. The molecule has 0 amide bonds. The Bertz CT molecular complexity index is 126. The molecule has 1 aliphatic heterocycles. The summed E-state index contributed by atoms with van der Waals surface area (Å²) in [5.41, 5.74) is 0. The second kappa shape index (κ2) is 3.41. The van der Waals surface area contributed by atoms with Crippen LogP contribution < -0.4 is 0 Å². The van der Waals surface area contributed by atoms with Gasteiger partial charge in [0, 0.05) is 0 Å². The van der Waals surface area contributed by atoms with Crippen molar-refractivity contribution in [1.29, 1.82) is 0 Å². The molecule has 1 rings (SSSR count). The standard InChI is InChI=1S/C6H8O.Hg/c1-2-3-4-5-6-7;/h2-4,7H,1,6H2;. The SMILES string of the molecule is OC[C]1=CC=C[CH2][Hg]1. The van der Waals surface area contributed by atoms with Gasteiger partial charge in [0.1, 0.15) is 0 Å². The van der Waals surface area contributed by atoms with Crippen LogP contribution in [0, 0.1) is 0 Å². The Morgan fingerprint density at radius 2 is 2.62 bits per heavy atom. The van der Waals surface area contributed by atoms with Crippen LogP contribution in [0.5, 0.6) is 0 Å². The summed E-state index contributed by atoms with van der Waals surface area (Å²) < 4.78 is 2.68. The minimum absolute atomic E-state index is 0.325. The summed E-state index contributed by atoms with van der Waals surface area (Å²) >= 11 is -0.706. The van der Waals surface area contributed by atoms with E-state index in [1.165, 1.54) is 7.01 Å². The number of aliphatic hydroxyl groups is 1. The summed E-state index contributed by atoms with van der Waals surface area (Å²) in [6.07, 6.45) is 6.33. The van der Waals surface area contributed by atoms with Gasteiger partial charge in [-0.05, 0) is 0 Å². The predicted octanol–water partition coefficient (Wildman–Crippen LogP) is 0.933. The van der Waals surface area contributed by atoms with Crippen molar-refractivity contribution in [3.63, 3.8) is 0 Å². The molecule has 0 aromatic carbocycles. The van der Waals surface area contributed by atoms with Crippen LogP contribution >= 0.6 is 0 Å². The van der Waals surface area contributed by atoms with Gasteiger partial charge < -0.3 is 0 Å². The van der Waals surface area contributed by atoms with Crippen LogP contribution in [-0.2, 0) is 24.6 Å². The van der Waals surface area contributed by atoms with E-state index in [4.69, 9.17) is 5.11 Å². The third kappa shape index (κ3) is 1.71. The van der Waals surface area contributed by atoms with Crippen LogP contribution in [0.1, 0.15) is 0 Å². The molecule has 0 unspecified atom stereocenters. The van der Waals surface area contributed by atoms with E-state index in [0.29, 0.717) is 6.61 Å². The molecule has 1 N–H and O–H groups in total. The van der Waals surface area contributed by atoms with Gasteiger partial charge in [0.05, 0.1) is 0 Å². The zero-order valence-electron chi connectivity index (χ0n) is 4.80. The molecule has 0 bridgehead atoms. The van der Waals surface area contributed by atoms with E-state index in [0.717, 1.165) is 0 Å². The molecular weight excluding hydrogens is 289 g/mol. The second-order valence-electron chi connectivity index (χ2n) is 1.95. The van der Waals surface area contributed by atoms with Crippen molar-refractivity contribution in [3.05, 3.63) is 21.3 Å². The molecule has 0 aromatic heterocycles. The summed E-state index contributed by atoms with van der Waals surface area (Å²) in [6, 6.07) is 0. The molecule has 0 aliphatic carbocycles. The summed E-state index contributed by atoms with van der Waals surface area (Å²) in [4.78, 5) is 0. The van der Waals surface area contributed by atoms with E-state index < -0.39 is 24.6 Å². The maximum absolute atomic E-state index is 8.64. The number of rotatable bonds is 1. The normalized spacial score (nSPS) is 16.4. The molecule has 0 atom stereocenters. The maximum atomic E-state index is 8.64. The molecular formula is C6H8HgO. The third-order valence-corrected chi connectivity index (χ3v) is 8.00. The fourth-order valence-electron chi connectivity index (χ4n) is 0.784. The fraction of sp³-hybridized carbons (Fsp3) is 0.333. The number of aliphatic hydroxyl groups excluding tert-OH is 1. The average molecular weight is 297 g/mol. The van der Waals surface area contributed by atoms with Crippen molar-refractivity contribution in [1.82, 2.24) is 0 Å². The first-order valence-corrected chi connectivity index (χ1v) is 9.52. The molecule has 0 spiro atoms. The van der Waals surface area contributed by atoms with Gasteiger partial charge >= 0.3 is 61.5 Å². The van der Waals surface area contributed by atoms with Gasteiger partial charge in [0.15, 0.2) is 0 Å². The van der Waals surface area contributed by atoms with E-state index in [2.05, 4.69) is 18.2 Å². The van der Waals surface area contributed by atoms with Crippen molar-refractivity contribution in [2.45, 2.75) is 3.93 Å². The van der Waals surface area contributed by atoms with E-state index in [1.807, 2.05) is 0 Å². The zero-order chi connectivity index (χ0) is 5.82. The van der Waals surface area contributed by atoms with Crippen molar-refractivity contribution < 1.29 is 29.7 Å². The average Bonchev–Trinajstić information content (AvgIpc) is 1.90. The minimum atomic E-state index is -0.706. The molecule has 1 nitrogen and oxygen atoms in total. The predicted molar refractivity (Wildman–Crippen MR) is 29.1 cm³/mol. The van der Waals surface area contributed by atoms with Crippen molar-refractivity contribution in [3.8, 4) is 0 Å². The molecule has 0 radical (unpaired) electrons. The van der Waals surface area contributed by atoms with Crippen LogP contribution in [0.25, 0.3) is 0 Å². The van der Waals surface area contributed by atoms with Crippen molar-refractivity contribution in [2.75, 3.05) is 6.61 Å². The van der Waals surface area contributed by atoms with Crippen molar-refractivity contribution in [2.24, 2.45) is 0 Å². The van der Waals surface area contributed by atoms with Gasteiger partial charge in [-0.1, -0.05) is 0 Å². The zero-order valence-corrected chi connectivity index (χ0v) is 10.3. The number of allylic oxidation sites excluding steroid dienone is 3. The molecule has 40 valence electrons. The van der Waals surface area contributed by atoms with E-state index >= 15 is 0 Å². The van der Waals surface area contributed by atoms with Gasteiger partial charge in [0.2, 0.25) is 0 Å². The Labute approximate surface area is 61.5 Å². The van der Waals surface area contributed by atoms with Gasteiger partial charge in [-0.2, -0.15) is 0 Å². The monoisotopic (exact) mass is 298 g/mol. The fourth-order valence-corrected chi connectivity index (χ4v) is 5.41. The Balaban J connectivity index is 2.50. The molecule has 1 aliphatic rings. The van der Waals surface area contributed by atoms with Gasteiger partial charge in [-0.15, -0.1) is 0 Å². The molecule has 8 heavy (non-hydrogen) atoms. The van der Waals surface area contributed by atoms with E-state index in [1.54, 1.807) is 0 Å². The first kappa shape index (κ1) is 6.49. The van der Waals surface area contributed by atoms with Crippen LogP contribution in [-0.4, -0.2) is 11.7 Å².